The Morgan fingerprint density at radius 2 is 2.07 bits per heavy atom. The molecule has 7 nitrogen and oxygen atoms in total. The first-order valence-electron chi connectivity index (χ1n) is 9.12. The molecule has 1 atom stereocenters. The van der Waals surface area contributed by atoms with Gasteiger partial charge in [0.05, 0.1) is 18.0 Å². The molecule has 0 bridgehead atoms. The van der Waals surface area contributed by atoms with Gasteiger partial charge in [0.1, 0.15) is 10.5 Å². The Kier molecular flexibility index (Phi) is 5.42. The number of nitrogens with one attached hydrogen (secondary N) is 1. The molecule has 1 aliphatic rings. The van der Waals surface area contributed by atoms with Gasteiger partial charge in [-0.3, -0.25) is 14.4 Å². The van der Waals surface area contributed by atoms with Crippen LogP contribution < -0.4 is 10.5 Å². The number of thioether (sulfide) groups is 1. The van der Waals surface area contributed by atoms with Crippen LogP contribution in [0.2, 0.25) is 0 Å². The first kappa shape index (κ1) is 19.7. The van der Waals surface area contributed by atoms with E-state index in [-0.39, 0.29) is 30.3 Å². The quantitative estimate of drug-likeness (QED) is 0.632. The summed E-state index contributed by atoms with van der Waals surface area (Å²) in [5.41, 5.74) is 1.24. The molecule has 1 fully saturated rings. The third-order valence-electron chi connectivity index (χ3n) is 4.99. The van der Waals surface area contributed by atoms with Gasteiger partial charge in [0, 0.05) is 30.6 Å². The van der Waals surface area contributed by atoms with E-state index >= 15 is 0 Å². The van der Waals surface area contributed by atoms with E-state index in [0.717, 1.165) is 10.6 Å². The number of benzene rings is 1. The van der Waals surface area contributed by atoms with E-state index in [0.29, 0.717) is 22.6 Å². The average molecular weight is 429 g/mol. The smallest absolute Gasteiger partial charge is 0.268 e. The molecule has 3 heterocycles. The summed E-state index contributed by atoms with van der Waals surface area (Å²) in [5.74, 6) is -0.163. The minimum absolute atomic E-state index is 0.0557. The zero-order chi connectivity index (χ0) is 20.5. The highest BCUT2D eigenvalue weighted by molar-refractivity contribution is 7.98. The van der Waals surface area contributed by atoms with Crippen molar-refractivity contribution >= 4 is 50.8 Å². The Balaban J connectivity index is 1.45. The molecule has 1 N–H and O–H groups in total. The van der Waals surface area contributed by atoms with Crippen molar-refractivity contribution in [2.75, 3.05) is 24.7 Å². The maximum atomic E-state index is 12.9. The van der Waals surface area contributed by atoms with Crippen molar-refractivity contribution in [2.24, 2.45) is 5.92 Å². The van der Waals surface area contributed by atoms with Gasteiger partial charge >= 0.3 is 0 Å². The molecular weight excluding hydrogens is 408 g/mol. The predicted molar refractivity (Wildman–Crippen MR) is 115 cm³/mol. The summed E-state index contributed by atoms with van der Waals surface area (Å²) >= 11 is 2.98. The number of aromatic nitrogens is 2. The molecule has 2 aromatic heterocycles. The van der Waals surface area contributed by atoms with Gasteiger partial charge in [-0.25, -0.2) is 4.98 Å². The van der Waals surface area contributed by atoms with Gasteiger partial charge in [0.25, 0.3) is 5.56 Å². The van der Waals surface area contributed by atoms with Gasteiger partial charge in [0.2, 0.25) is 11.8 Å². The molecule has 3 aromatic rings. The van der Waals surface area contributed by atoms with E-state index in [1.165, 1.54) is 16.2 Å². The number of hydrogen-bond acceptors (Lipinski definition) is 6. The first-order valence-corrected chi connectivity index (χ1v) is 11.2. The van der Waals surface area contributed by atoms with Crippen LogP contribution in [0.5, 0.6) is 0 Å². The second-order valence-corrected chi connectivity index (χ2v) is 8.74. The second kappa shape index (κ2) is 8.00. The van der Waals surface area contributed by atoms with Crippen LogP contribution in [0.3, 0.4) is 0 Å². The highest BCUT2D eigenvalue weighted by atomic mass is 32.2. The van der Waals surface area contributed by atoms with Gasteiger partial charge in [-0.05, 0) is 42.0 Å². The third kappa shape index (κ3) is 3.92. The summed E-state index contributed by atoms with van der Waals surface area (Å²) in [4.78, 5) is 49.0. The molecule has 4 rings (SSSR count). The standard InChI is InChI=1S/C20H20N4O3S2/c1-23(11-16-21-15-7-8-29-18(15)19(26)22-16)20(27)12-9-17(25)24(10-12)13-3-5-14(28-2)6-4-13/h3-8,12H,9-11H2,1-2H3,(H,21,22,26). The largest absolute Gasteiger partial charge is 0.338 e. The van der Waals surface area contributed by atoms with Crippen LogP contribution in [0.4, 0.5) is 5.69 Å². The lowest BCUT2D eigenvalue weighted by molar-refractivity contribution is -0.135. The molecule has 1 saturated heterocycles. The summed E-state index contributed by atoms with van der Waals surface area (Å²) in [7, 11) is 1.67. The Morgan fingerprint density at radius 1 is 1.31 bits per heavy atom. The number of carbonyl (C=O) groups is 2. The van der Waals surface area contributed by atoms with E-state index in [9.17, 15) is 14.4 Å². The number of anilines is 1. The van der Waals surface area contributed by atoms with Crippen LogP contribution in [0, 0.1) is 5.92 Å². The Labute approximate surface area is 175 Å². The van der Waals surface area contributed by atoms with E-state index in [4.69, 9.17) is 0 Å². The molecule has 0 saturated carbocycles. The molecule has 2 amide bonds. The lowest BCUT2D eigenvalue weighted by Crippen LogP contribution is -2.35. The maximum Gasteiger partial charge on any atom is 0.268 e. The number of aromatic amines is 1. The summed E-state index contributed by atoms with van der Waals surface area (Å²) in [6.45, 7) is 0.543. The van der Waals surface area contributed by atoms with Crippen molar-refractivity contribution in [2.45, 2.75) is 17.9 Å². The molecule has 0 radical (unpaired) electrons. The van der Waals surface area contributed by atoms with E-state index in [1.807, 2.05) is 35.9 Å². The van der Waals surface area contributed by atoms with Crippen molar-refractivity contribution in [1.29, 1.82) is 0 Å². The van der Waals surface area contributed by atoms with Gasteiger partial charge in [-0.15, -0.1) is 23.1 Å². The molecule has 29 heavy (non-hydrogen) atoms. The molecule has 1 aliphatic heterocycles. The number of amides is 2. The lowest BCUT2D eigenvalue weighted by atomic mass is 10.1. The fraction of sp³-hybridized carbons (Fsp3) is 0.300. The second-order valence-electron chi connectivity index (χ2n) is 6.95. The number of nitrogens with zero attached hydrogens (tertiary/aromatic N) is 3. The number of H-pyrrole nitrogens is 1. The molecule has 0 spiro atoms. The Bertz CT molecular complexity index is 1120. The Hall–Kier alpha value is -2.65. The third-order valence-corrected chi connectivity index (χ3v) is 6.63. The van der Waals surface area contributed by atoms with E-state index in [1.54, 1.807) is 29.8 Å². The molecule has 1 unspecified atom stereocenters. The zero-order valence-corrected chi connectivity index (χ0v) is 17.7. The Morgan fingerprint density at radius 3 is 2.79 bits per heavy atom. The summed E-state index contributed by atoms with van der Waals surface area (Å²) in [6.07, 6.45) is 2.18. The van der Waals surface area contributed by atoms with Gasteiger partial charge < -0.3 is 14.8 Å². The number of thiophene rings is 1. The molecule has 150 valence electrons. The van der Waals surface area contributed by atoms with Crippen LogP contribution in [0.15, 0.2) is 45.4 Å². The topological polar surface area (TPSA) is 86.4 Å². The van der Waals surface area contributed by atoms with E-state index < -0.39 is 5.92 Å². The van der Waals surface area contributed by atoms with Gasteiger partial charge in [-0.2, -0.15) is 0 Å². The number of fused-ring (bicyclic) bond motifs is 1. The van der Waals surface area contributed by atoms with Crippen LogP contribution in [0.1, 0.15) is 12.2 Å². The van der Waals surface area contributed by atoms with Crippen molar-refractivity contribution < 1.29 is 9.59 Å². The van der Waals surface area contributed by atoms with Crippen LogP contribution in [-0.4, -0.2) is 46.5 Å². The maximum absolute atomic E-state index is 12.9. The summed E-state index contributed by atoms with van der Waals surface area (Å²) in [5, 5.41) is 1.82. The fourth-order valence-electron chi connectivity index (χ4n) is 3.50. The number of hydrogen-bond donors (Lipinski definition) is 1. The van der Waals surface area contributed by atoms with Crippen LogP contribution >= 0.6 is 23.1 Å². The highest BCUT2D eigenvalue weighted by Crippen LogP contribution is 2.28. The summed E-state index contributed by atoms with van der Waals surface area (Å²) < 4.78 is 0.576. The zero-order valence-electron chi connectivity index (χ0n) is 16.0. The van der Waals surface area contributed by atoms with Crippen LogP contribution in [-0.2, 0) is 16.1 Å². The molecule has 9 heteroatoms. The van der Waals surface area contributed by atoms with Crippen molar-refractivity contribution in [3.63, 3.8) is 0 Å². The first-order chi connectivity index (χ1) is 14.0. The number of rotatable bonds is 5. The molecular formula is C20H20N4O3S2. The van der Waals surface area contributed by atoms with Crippen molar-refractivity contribution in [3.05, 3.63) is 51.9 Å². The fourth-order valence-corrected chi connectivity index (χ4v) is 4.63. The predicted octanol–water partition coefficient (Wildman–Crippen LogP) is 2.72. The molecule has 1 aromatic carbocycles. The minimum Gasteiger partial charge on any atom is -0.338 e. The normalized spacial score (nSPS) is 16.6. The SMILES string of the molecule is CSc1ccc(N2CC(C(=O)N(C)Cc3nc4ccsc4c(=O)[nH]3)CC2=O)cc1. The monoisotopic (exact) mass is 428 g/mol. The average Bonchev–Trinajstić information content (AvgIpc) is 3.34. The van der Waals surface area contributed by atoms with Crippen molar-refractivity contribution in [1.82, 2.24) is 14.9 Å². The minimum atomic E-state index is -0.413. The number of carbonyl (C=O) groups excluding carboxylic acids is 2. The van der Waals surface area contributed by atoms with Crippen LogP contribution in [0.25, 0.3) is 10.2 Å². The molecule has 0 aliphatic carbocycles. The van der Waals surface area contributed by atoms with Crippen molar-refractivity contribution in [3.8, 4) is 0 Å². The van der Waals surface area contributed by atoms with E-state index in [2.05, 4.69) is 9.97 Å². The van der Waals surface area contributed by atoms with Gasteiger partial charge in [-0.1, -0.05) is 0 Å². The van der Waals surface area contributed by atoms with Gasteiger partial charge in [0.15, 0.2) is 0 Å². The summed E-state index contributed by atoms with van der Waals surface area (Å²) in [6, 6.07) is 9.54. The highest BCUT2D eigenvalue weighted by Gasteiger charge is 2.36. The lowest BCUT2D eigenvalue weighted by Gasteiger charge is -2.21.